The van der Waals surface area contributed by atoms with Gasteiger partial charge in [-0.15, -0.1) is 16.2 Å². The number of carbonyl (C=O) groups excluding carboxylic acids is 2. The van der Waals surface area contributed by atoms with Crippen molar-refractivity contribution in [1.29, 1.82) is 0 Å². The van der Waals surface area contributed by atoms with Gasteiger partial charge in [0.2, 0.25) is 10.0 Å². The second-order valence-electron chi connectivity index (χ2n) is 5.17. The van der Waals surface area contributed by atoms with Crippen molar-refractivity contribution in [3.63, 3.8) is 0 Å². The van der Waals surface area contributed by atoms with Gasteiger partial charge in [0.1, 0.15) is 6.54 Å². The Kier molecular flexibility index (Phi) is 5.45. The Labute approximate surface area is 138 Å². The number of aliphatic imine (C=N–C) groups is 1. The molecule has 0 fully saturated rings. The molecule has 0 atom stereocenters. The first-order valence-corrected chi connectivity index (χ1v) is 9.61. The van der Waals surface area contributed by atoms with Crippen molar-refractivity contribution in [2.24, 2.45) is 4.99 Å². The fourth-order valence-corrected chi connectivity index (χ4v) is 3.18. The molecule has 0 saturated carbocycles. The smallest absolute Gasteiger partial charge is 0.266 e. The minimum atomic E-state index is -3.69. The molecule has 0 aliphatic carbocycles. The predicted octanol–water partition coefficient (Wildman–Crippen LogP) is 1.36. The molecule has 1 aliphatic heterocycles. The van der Waals surface area contributed by atoms with E-state index in [9.17, 15) is 18.0 Å². The van der Waals surface area contributed by atoms with E-state index in [1.54, 1.807) is 17.5 Å². The van der Waals surface area contributed by atoms with Crippen molar-refractivity contribution in [2.45, 2.75) is 19.8 Å². The Balaban J connectivity index is 2.20. The average molecular weight is 355 g/mol. The van der Waals surface area contributed by atoms with Crippen LogP contribution in [0.3, 0.4) is 0 Å². The van der Waals surface area contributed by atoms with Crippen LogP contribution in [0, 0.1) is 0 Å². The summed E-state index contributed by atoms with van der Waals surface area (Å²) in [7, 11) is -3.69. The lowest BCUT2D eigenvalue weighted by molar-refractivity contribution is -0.128. The van der Waals surface area contributed by atoms with Gasteiger partial charge in [-0.1, -0.05) is 6.07 Å². The van der Waals surface area contributed by atoms with Gasteiger partial charge >= 0.3 is 0 Å². The van der Waals surface area contributed by atoms with E-state index in [4.69, 9.17) is 0 Å². The summed E-state index contributed by atoms with van der Waals surface area (Å²) in [5, 5.41) is 2.57. The van der Waals surface area contributed by atoms with Crippen LogP contribution in [0.5, 0.6) is 0 Å². The van der Waals surface area contributed by atoms with E-state index in [0.717, 1.165) is 17.0 Å². The first-order valence-electron chi connectivity index (χ1n) is 6.84. The molecule has 1 N–H and O–H groups in total. The Morgan fingerprint density at radius 2 is 2.13 bits per heavy atom. The molecule has 0 saturated heterocycles. The zero-order chi connectivity index (χ0) is 17.0. The molecule has 1 aromatic rings. The molecular weight excluding hydrogens is 338 g/mol. The van der Waals surface area contributed by atoms with Crippen molar-refractivity contribution < 1.29 is 18.0 Å². The average Bonchev–Trinajstić information content (AvgIpc) is 2.99. The predicted molar refractivity (Wildman–Crippen MR) is 88.8 cm³/mol. The largest absolute Gasteiger partial charge is 0.291 e. The summed E-state index contributed by atoms with van der Waals surface area (Å²) in [5.41, 5.74) is 1.27. The van der Waals surface area contributed by atoms with Crippen LogP contribution in [0.2, 0.25) is 0 Å². The molecule has 2 rings (SSSR count). The highest BCUT2D eigenvalue weighted by Gasteiger charge is 2.25. The maximum atomic E-state index is 12.5. The van der Waals surface area contributed by atoms with Crippen LogP contribution in [0.25, 0.3) is 0 Å². The molecule has 0 aromatic carbocycles. The molecule has 1 amide bonds. The molecule has 1 aliphatic rings. The first-order chi connectivity index (χ1) is 10.8. The Bertz CT molecular complexity index is 764. The van der Waals surface area contributed by atoms with Crippen LogP contribution >= 0.6 is 11.3 Å². The number of hydrogen-bond acceptors (Lipinski definition) is 6. The van der Waals surface area contributed by atoms with Crippen molar-refractivity contribution in [3.05, 3.63) is 34.2 Å². The zero-order valence-corrected chi connectivity index (χ0v) is 14.4. The molecule has 2 heterocycles. The van der Waals surface area contributed by atoms with Gasteiger partial charge in [0, 0.05) is 17.5 Å². The van der Waals surface area contributed by atoms with Crippen LogP contribution in [0.15, 0.2) is 34.3 Å². The van der Waals surface area contributed by atoms with Gasteiger partial charge in [-0.25, -0.2) is 8.42 Å². The van der Waals surface area contributed by atoms with Crippen LogP contribution in [0.1, 0.15) is 29.4 Å². The van der Waals surface area contributed by atoms with Crippen molar-refractivity contribution >= 4 is 38.8 Å². The van der Waals surface area contributed by atoms with E-state index in [1.165, 1.54) is 17.5 Å². The SMILES string of the molecule is CC1=NC=C(C(=O)N(CC(=O)c2cccs2)NS(C)(=O)=O)CC1. The quantitative estimate of drug-likeness (QED) is 0.615. The first kappa shape index (κ1) is 17.5. The third-order valence-corrected chi connectivity index (χ3v) is 4.55. The molecule has 0 radical (unpaired) electrons. The van der Waals surface area contributed by atoms with E-state index in [1.807, 2.05) is 6.92 Å². The minimum Gasteiger partial charge on any atom is -0.291 e. The molecule has 0 bridgehead atoms. The number of Topliss-reactive ketones (excluding diaryl/α,β-unsaturated/α-hetero) is 1. The maximum Gasteiger partial charge on any atom is 0.266 e. The van der Waals surface area contributed by atoms with Crippen molar-refractivity contribution in [3.8, 4) is 0 Å². The monoisotopic (exact) mass is 355 g/mol. The van der Waals surface area contributed by atoms with Gasteiger partial charge in [-0.3, -0.25) is 19.6 Å². The number of rotatable bonds is 6. The highest BCUT2D eigenvalue weighted by molar-refractivity contribution is 7.88. The number of hydrogen-bond donors (Lipinski definition) is 1. The second kappa shape index (κ2) is 7.16. The molecule has 1 aromatic heterocycles. The number of nitrogens with zero attached hydrogens (tertiary/aromatic N) is 2. The lowest BCUT2D eigenvalue weighted by Crippen LogP contribution is -2.48. The third-order valence-electron chi connectivity index (χ3n) is 3.09. The molecule has 124 valence electrons. The summed E-state index contributed by atoms with van der Waals surface area (Å²) >= 11 is 1.24. The number of ketones is 1. The standard InChI is InChI=1S/C14H17N3O4S2/c1-10-5-6-11(8-15-10)14(19)17(16-23(2,20)21)9-12(18)13-4-3-7-22-13/h3-4,7-8,16H,5-6,9H2,1-2H3. The number of sulfonamides is 1. The van der Waals surface area contributed by atoms with Gasteiger partial charge in [-0.2, -0.15) is 0 Å². The third kappa shape index (κ3) is 5.08. The van der Waals surface area contributed by atoms with E-state index < -0.39 is 15.9 Å². The summed E-state index contributed by atoms with van der Waals surface area (Å²) in [6, 6.07) is 3.35. The molecule has 7 nitrogen and oxygen atoms in total. The van der Waals surface area contributed by atoms with Crippen LogP contribution in [-0.4, -0.2) is 43.6 Å². The van der Waals surface area contributed by atoms with Crippen LogP contribution < -0.4 is 4.83 Å². The van der Waals surface area contributed by atoms with Gasteiger partial charge in [0.15, 0.2) is 5.78 Å². The summed E-state index contributed by atoms with van der Waals surface area (Å²) in [6.45, 7) is 1.48. The van der Waals surface area contributed by atoms with Crippen LogP contribution in [0.4, 0.5) is 0 Å². The Hall–Kier alpha value is -1.84. The molecule has 0 spiro atoms. The number of amides is 1. The van der Waals surface area contributed by atoms with E-state index >= 15 is 0 Å². The van der Waals surface area contributed by atoms with Gasteiger partial charge in [-0.05, 0) is 31.2 Å². The number of thiophene rings is 1. The normalized spacial score (nSPS) is 14.9. The van der Waals surface area contributed by atoms with E-state index in [2.05, 4.69) is 9.82 Å². The Morgan fingerprint density at radius 1 is 1.39 bits per heavy atom. The Morgan fingerprint density at radius 3 is 2.65 bits per heavy atom. The number of hydrazine groups is 1. The topological polar surface area (TPSA) is 95.9 Å². The molecular formula is C14H17N3O4S2. The van der Waals surface area contributed by atoms with Crippen molar-refractivity contribution in [1.82, 2.24) is 9.84 Å². The van der Waals surface area contributed by atoms with Gasteiger partial charge in [0.05, 0.1) is 11.1 Å². The number of nitrogens with one attached hydrogen (secondary N) is 1. The fraction of sp³-hybridized carbons (Fsp3) is 0.357. The van der Waals surface area contributed by atoms with Crippen LogP contribution in [-0.2, 0) is 14.8 Å². The lowest BCUT2D eigenvalue weighted by Gasteiger charge is -2.23. The summed E-state index contributed by atoms with van der Waals surface area (Å²) in [4.78, 5) is 31.3. The highest BCUT2D eigenvalue weighted by atomic mass is 32.2. The fourth-order valence-electron chi connectivity index (χ4n) is 1.97. The van der Waals surface area contributed by atoms with E-state index in [-0.39, 0.29) is 12.3 Å². The maximum absolute atomic E-state index is 12.5. The van der Waals surface area contributed by atoms with Gasteiger partial charge < -0.3 is 0 Å². The van der Waals surface area contributed by atoms with Gasteiger partial charge in [0.25, 0.3) is 5.91 Å². The van der Waals surface area contributed by atoms with E-state index in [0.29, 0.717) is 23.3 Å². The molecule has 23 heavy (non-hydrogen) atoms. The highest BCUT2D eigenvalue weighted by Crippen LogP contribution is 2.16. The summed E-state index contributed by atoms with van der Waals surface area (Å²) < 4.78 is 23.0. The molecule has 9 heteroatoms. The lowest BCUT2D eigenvalue weighted by atomic mass is 10.1. The summed E-state index contributed by atoms with van der Waals surface area (Å²) in [5.74, 6) is -0.892. The minimum absolute atomic E-state index is 0.333. The van der Waals surface area contributed by atoms with Crippen molar-refractivity contribution in [2.75, 3.05) is 12.8 Å². The summed E-state index contributed by atoms with van der Waals surface area (Å²) in [6.07, 6.45) is 3.45. The second-order valence-corrected chi connectivity index (χ2v) is 7.85. The molecule has 0 unspecified atom stereocenters. The number of carbonyl (C=O) groups is 2. The zero-order valence-electron chi connectivity index (χ0n) is 12.8.